The van der Waals surface area contributed by atoms with E-state index in [4.69, 9.17) is 17.3 Å². The van der Waals surface area contributed by atoms with Gasteiger partial charge in [-0.05, 0) is 42.8 Å². The summed E-state index contributed by atoms with van der Waals surface area (Å²) < 4.78 is 27.0. The first kappa shape index (κ1) is 15.0. The second kappa shape index (κ2) is 5.72. The Labute approximate surface area is 133 Å². The maximum absolute atomic E-state index is 12.9. The first-order valence-corrected chi connectivity index (χ1v) is 8.52. The number of rotatable bonds is 4. The van der Waals surface area contributed by atoms with Crippen LogP contribution in [-0.2, 0) is 16.4 Å². The zero-order valence-corrected chi connectivity index (χ0v) is 13.2. The van der Waals surface area contributed by atoms with E-state index >= 15 is 0 Å². The minimum Gasteiger partial charge on any atom is -0.330 e. The molecule has 22 heavy (non-hydrogen) atoms. The monoisotopic (exact) mass is 335 g/mol. The maximum atomic E-state index is 12.9. The van der Waals surface area contributed by atoms with Crippen LogP contribution in [0.4, 0.5) is 0 Å². The van der Waals surface area contributed by atoms with Gasteiger partial charge in [0.05, 0.1) is 5.02 Å². The molecule has 0 saturated heterocycles. The van der Waals surface area contributed by atoms with E-state index in [9.17, 15) is 8.42 Å². The van der Waals surface area contributed by atoms with Gasteiger partial charge < -0.3 is 5.73 Å². The smallest absolute Gasteiger partial charge is 0.270 e. The van der Waals surface area contributed by atoms with Gasteiger partial charge in [0.25, 0.3) is 10.0 Å². The molecule has 3 rings (SSSR count). The Hall–Kier alpha value is -1.89. The normalized spacial score (nSPS) is 11.9. The van der Waals surface area contributed by atoms with Gasteiger partial charge in [-0.3, -0.25) is 0 Å². The number of hydrogen-bond donors (Lipinski definition) is 1. The summed E-state index contributed by atoms with van der Waals surface area (Å²) in [5.41, 5.74) is 6.83. The molecule has 1 aromatic carbocycles. The Bertz CT molecular complexity index is 935. The largest absolute Gasteiger partial charge is 0.330 e. The van der Waals surface area contributed by atoms with E-state index in [0.29, 0.717) is 18.6 Å². The molecule has 114 valence electrons. The van der Waals surface area contributed by atoms with Crippen molar-refractivity contribution in [2.45, 2.75) is 11.3 Å². The average Bonchev–Trinajstić information content (AvgIpc) is 2.88. The summed E-state index contributed by atoms with van der Waals surface area (Å²) in [4.78, 5) is 4.26. The molecule has 0 aliphatic heterocycles. The van der Waals surface area contributed by atoms with E-state index in [1.807, 2.05) is 6.07 Å². The lowest BCUT2D eigenvalue weighted by molar-refractivity contribution is 0.588. The molecule has 0 aliphatic carbocycles. The van der Waals surface area contributed by atoms with Crippen LogP contribution in [0.3, 0.4) is 0 Å². The predicted molar refractivity (Wildman–Crippen MR) is 86.5 cm³/mol. The van der Waals surface area contributed by atoms with E-state index in [-0.39, 0.29) is 9.92 Å². The Morgan fingerprint density at radius 3 is 2.68 bits per heavy atom. The molecule has 0 aliphatic rings. The minimum absolute atomic E-state index is 0.0542. The van der Waals surface area contributed by atoms with Crippen LogP contribution in [0, 0.1) is 0 Å². The molecule has 0 amide bonds. The highest BCUT2D eigenvalue weighted by Gasteiger charge is 2.23. The Morgan fingerprint density at radius 2 is 1.95 bits per heavy atom. The van der Waals surface area contributed by atoms with Crippen molar-refractivity contribution in [2.75, 3.05) is 6.54 Å². The van der Waals surface area contributed by atoms with Gasteiger partial charge in [0.1, 0.15) is 4.90 Å². The highest BCUT2D eigenvalue weighted by Crippen LogP contribution is 2.28. The zero-order chi connectivity index (χ0) is 15.7. The van der Waals surface area contributed by atoms with Gasteiger partial charge in [-0.15, -0.1) is 0 Å². The number of pyridine rings is 1. The molecule has 2 aromatic heterocycles. The molecule has 0 spiro atoms. The number of nitrogens with two attached hydrogens (primary N) is 1. The standard InChI is InChI=1S/C15H14ClN3O2S/c16-13-5-1-2-6-14(13)22(20,21)19-10-11(7-8-17)12-4-3-9-18-15(12)19/h1-6,9-10H,7-8,17H2. The molecule has 3 aromatic rings. The van der Waals surface area contributed by atoms with Gasteiger partial charge >= 0.3 is 0 Å². The van der Waals surface area contributed by atoms with Crippen LogP contribution in [0.5, 0.6) is 0 Å². The van der Waals surface area contributed by atoms with Crippen LogP contribution in [0.1, 0.15) is 5.56 Å². The fourth-order valence-electron chi connectivity index (χ4n) is 2.39. The van der Waals surface area contributed by atoms with Gasteiger partial charge in [-0.2, -0.15) is 0 Å². The second-order valence-electron chi connectivity index (χ2n) is 4.80. The van der Waals surface area contributed by atoms with E-state index in [1.165, 1.54) is 10.0 Å². The van der Waals surface area contributed by atoms with Crippen LogP contribution >= 0.6 is 11.6 Å². The molecule has 0 fully saturated rings. The summed E-state index contributed by atoms with van der Waals surface area (Å²) in [5.74, 6) is 0. The predicted octanol–water partition coefficient (Wildman–Crippen LogP) is 2.43. The van der Waals surface area contributed by atoms with Crippen LogP contribution in [0.15, 0.2) is 53.7 Å². The van der Waals surface area contributed by atoms with Crippen LogP contribution in [0.2, 0.25) is 5.02 Å². The van der Waals surface area contributed by atoms with Crippen LogP contribution < -0.4 is 5.73 Å². The van der Waals surface area contributed by atoms with Crippen LogP contribution in [-0.4, -0.2) is 23.9 Å². The molecule has 0 atom stereocenters. The molecule has 0 saturated carbocycles. The molecule has 0 unspecified atom stereocenters. The molecular formula is C15H14ClN3O2S. The highest BCUT2D eigenvalue weighted by atomic mass is 35.5. The van der Waals surface area contributed by atoms with E-state index in [0.717, 1.165) is 10.9 Å². The number of halogens is 1. The quantitative estimate of drug-likeness (QED) is 0.794. The first-order chi connectivity index (χ1) is 10.6. The number of fused-ring (bicyclic) bond motifs is 1. The number of hydrogen-bond acceptors (Lipinski definition) is 4. The average molecular weight is 336 g/mol. The lowest BCUT2D eigenvalue weighted by Crippen LogP contribution is -2.13. The Morgan fingerprint density at radius 1 is 1.18 bits per heavy atom. The summed E-state index contributed by atoms with van der Waals surface area (Å²) >= 11 is 6.04. The highest BCUT2D eigenvalue weighted by molar-refractivity contribution is 7.90. The lowest BCUT2D eigenvalue weighted by Gasteiger charge is -2.08. The maximum Gasteiger partial charge on any atom is 0.270 e. The second-order valence-corrected chi connectivity index (χ2v) is 6.99. The summed E-state index contributed by atoms with van der Waals surface area (Å²) in [6.45, 7) is 0.431. The number of aromatic nitrogens is 2. The van der Waals surface area contributed by atoms with Gasteiger partial charge in [-0.1, -0.05) is 23.7 Å². The fraction of sp³-hybridized carbons (Fsp3) is 0.133. The number of benzene rings is 1. The molecule has 2 heterocycles. The van der Waals surface area contributed by atoms with Crippen molar-refractivity contribution >= 4 is 32.7 Å². The summed E-state index contributed by atoms with van der Waals surface area (Å²) in [5, 5.41) is 0.962. The Kier molecular flexibility index (Phi) is 3.90. The molecular weight excluding hydrogens is 322 g/mol. The van der Waals surface area contributed by atoms with E-state index in [1.54, 1.807) is 36.7 Å². The third-order valence-corrected chi connectivity index (χ3v) is 5.55. The van der Waals surface area contributed by atoms with Gasteiger partial charge in [0.15, 0.2) is 5.65 Å². The molecule has 5 nitrogen and oxygen atoms in total. The van der Waals surface area contributed by atoms with Crippen LogP contribution in [0.25, 0.3) is 11.0 Å². The third kappa shape index (κ3) is 2.39. The van der Waals surface area contributed by atoms with Crippen molar-refractivity contribution in [1.82, 2.24) is 8.96 Å². The third-order valence-electron chi connectivity index (χ3n) is 3.40. The van der Waals surface area contributed by atoms with E-state index < -0.39 is 10.0 Å². The fourth-order valence-corrected chi connectivity index (χ4v) is 4.24. The molecule has 0 bridgehead atoms. The lowest BCUT2D eigenvalue weighted by atomic mass is 10.2. The van der Waals surface area contributed by atoms with Crippen molar-refractivity contribution in [3.8, 4) is 0 Å². The first-order valence-electron chi connectivity index (χ1n) is 6.71. The SMILES string of the molecule is NCCc1cn(S(=O)(=O)c2ccccc2Cl)c2ncccc12. The zero-order valence-electron chi connectivity index (χ0n) is 11.6. The van der Waals surface area contributed by atoms with Crippen molar-refractivity contribution in [1.29, 1.82) is 0 Å². The van der Waals surface area contributed by atoms with Crippen molar-refractivity contribution in [2.24, 2.45) is 5.73 Å². The van der Waals surface area contributed by atoms with Gasteiger partial charge in [0, 0.05) is 17.8 Å². The summed E-state index contributed by atoms with van der Waals surface area (Å²) in [7, 11) is -3.81. The minimum atomic E-state index is -3.81. The molecule has 0 radical (unpaired) electrons. The van der Waals surface area contributed by atoms with E-state index in [2.05, 4.69) is 4.98 Å². The van der Waals surface area contributed by atoms with Crippen molar-refractivity contribution in [3.63, 3.8) is 0 Å². The van der Waals surface area contributed by atoms with Gasteiger partial charge in [-0.25, -0.2) is 17.4 Å². The van der Waals surface area contributed by atoms with Crippen molar-refractivity contribution < 1.29 is 8.42 Å². The summed E-state index contributed by atoms with van der Waals surface area (Å²) in [6, 6.07) is 9.97. The summed E-state index contributed by atoms with van der Waals surface area (Å²) in [6.07, 6.45) is 3.71. The van der Waals surface area contributed by atoms with Crippen molar-refractivity contribution in [3.05, 3.63) is 59.4 Å². The Balaban J connectivity index is 2.28. The topological polar surface area (TPSA) is 78.0 Å². The molecule has 2 N–H and O–H groups in total. The number of nitrogens with zero attached hydrogens (tertiary/aromatic N) is 2. The van der Waals surface area contributed by atoms with Gasteiger partial charge in [0.2, 0.25) is 0 Å². The molecule has 7 heteroatoms.